The smallest absolute Gasteiger partial charge is 0.121 e. The molecule has 0 spiro atoms. The van der Waals surface area contributed by atoms with Gasteiger partial charge in [0, 0.05) is 37.3 Å². The van der Waals surface area contributed by atoms with Gasteiger partial charge in [-0.3, -0.25) is 4.90 Å². The van der Waals surface area contributed by atoms with E-state index in [-0.39, 0.29) is 19.3 Å². The van der Waals surface area contributed by atoms with Gasteiger partial charge in [-0.15, -0.1) is 0 Å². The zero-order valence-corrected chi connectivity index (χ0v) is 20.7. The van der Waals surface area contributed by atoms with Crippen LogP contribution >= 0.6 is 23.2 Å². The number of ether oxygens (including phenoxy) is 1. The number of nitriles is 1. The molecule has 1 aliphatic rings. The molecule has 8 heteroatoms. The van der Waals surface area contributed by atoms with Crippen LogP contribution in [0.1, 0.15) is 28.8 Å². The quantitative estimate of drug-likeness (QED) is 0.450. The first-order valence-electron chi connectivity index (χ1n) is 11.4. The van der Waals surface area contributed by atoms with Gasteiger partial charge in [-0.05, 0) is 47.5 Å². The lowest BCUT2D eigenvalue weighted by Crippen LogP contribution is -2.49. The Balaban J connectivity index is 1.55. The van der Waals surface area contributed by atoms with Crippen molar-refractivity contribution in [1.82, 2.24) is 4.90 Å². The van der Waals surface area contributed by atoms with Gasteiger partial charge in [-0.1, -0.05) is 47.5 Å². The maximum atomic E-state index is 10.8. The Morgan fingerprint density at radius 3 is 2.43 bits per heavy atom. The summed E-state index contributed by atoms with van der Waals surface area (Å²) in [6.07, 6.45) is -0.660. The molecule has 4 rings (SSSR count). The molecule has 0 amide bonds. The number of halogens is 2. The fraction of sp³-hybridized carbons (Fsp3) is 0.296. The molecule has 35 heavy (non-hydrogen) atoms. The van der Waals surface area contributed by atoms with Crippen LogP contribution in [0.25, 0.3) is 0 Å². The van der Waals surface area contributed by atoms with Crippen LogP contribution in [-0.4, -0.2) is 54.5 Å². The number of piperazine rings is 1. The van der Waals surface area contributed by atoms with Gasteiger partial charge < -0.3 is 19.8 Å². The second-order valence-electron chi connectivity index (χ2n) is 8.46. The molecule has 1 saturated heterocycles. The maximum absolute atomic E-state index is 10.8. The first-order valence-corrected chi connectivity index (χ1v) is 12.2. The summed E-state index contributed by atoms with van der Waals surface area (Å²) in [5, 5.41) is 30.1. The topological polar surface area (TPSA) is 80.0 Å². The van der Waals surface area contributed by atoms with Crippen molar-refractivity contribution < 1.29 is 14.9 Å². The third-order valence-electron chi connectivity index (χ3n) is 6.16. The van der Waals surface area contributed by atoms with E-state index in [1.807, 2.05) is 36.4 Å². The fourth-order valence-corrected chi connectivity index (χ4v) is 4.77. The van der Waals surface area contributed by atoms with E-state index in [0.717, 1.165) is 23.4 Å². The fourth-order valence-electron chi connectivity index (χ4n) is 4.37. The summed E-state index contributed by atoms with van der Waals surface area (Å²) in [4.78, 5) is 4.51. The van der Waals surface area contributed by atoms with Crippen LogP contribution in [-0.2, 0) is 0 Å². The molecule has 1 fully saturated rings. The van der Waals surface area contributed by atoms with Crippen molar-refractivity contribution in [2.45, 2.75) is 12.1 Å². The molecule has 6 nitrogen and oxygen atoms in total. The molecular formula is C27H27Cl2N3O3. The van der Waals surface area contributed by atoms with E-state index in [4.69, 9.17) is 38.3 Å². The van der Waals surface area contributed by atoms with Crippen molar-refractivity contribution in [1.29, 1.82) is 5.26 Å². The Morgan fingerprint density at radius 1 is 1.03 bits per heavy atom. The highest BCUT2D eigenvalue weighted by molar-refractivity contribution is 6.33. The van der Waals surface area contributed by atoms with Crippen molar-refractivity contribution >= 4 is 28.9 Å². The molecule has 0 bridgehead atoms. The minimum absolute atomic E-state index is 0.00380. The van der Waals surface area contributed by atoms with Crippen LogP contribution in [0.3, 0.4) is 0 Å². The Kier molecular flexibility index (Phi) is 8.50. The molecule has 1 heterocycles. The zero-order chi connectivity index (χ0) is 24.8. The summed E-state index contributed by atoms with van der Waals surface area (Å²) in [6, 6.07) is 22.5. The molecule has 0 radical (unpaired) electrons. The number of hydrogen-bond acceptors (Lipinski definition) is 6. The van der Waals surface area contributed by atoms with Gasteiger partial charge in [0.05, 0.1) is 41.1 Å². The molecule has 0 saturated carbocycles. The number of rotatable bonds is 8. The van der Waals surface area contributed by atoms with E-state index in [0.29, 0.717) is 41.0 Å². The van der Waals surface area contributed by atoms with E-state index >= 15 is 0 Å². The lowest BCUT2D eigenvalue weighted by molar-refractivity contribution is 0.100. The molecule has 1 aliphatic heterocycles. The third kappa shape index (κ3) is 6.26. The van der Waals surface area contributed by atoms with Crippen molar-refractivity contribution in [3.63, 3.8) is 0 Å². The van der Waals surface area contributed by atoms with Gasteiger partial charge in [-0.25, -0.2) is 0 Å². The molecule has 2 N–H and O–H groups in total. The SMILES string of the molecule is N#Cc1ccc(C(O)CN2CCN(c3ccc(OCCO)cc3Cl)[C@H](c3ccc(Cl)cc3)C2)cc1. The summed E-state index contributed by atoms with van der Waals surface area (Å²) in [5.41, 5.74) is 3.36. The first-order chi connectivity index (χ1) is 17.0. The average molecular weight is 512 g/mol. The summed E-state index contributed by atoms with van der Waals surface area (Å²) in [7, 11) is 0. The highest BCUT2D eigenvalue weighted by atomic mass is 35.5. The summed E-state index contributed by atoms with van der Waals surface area (Å²) in [5.74, 6) is 0.611. The number of anilines is 1. The minimum atomic E-state index is -0.660. The van der Waals surface area contributed by atoms with E-state index in [1.54, 1.807) is 30.3 Å². The van der Waals surface area contributed by atoms with Crippen molar-refractivity contribution in [3.05, 3.63) is 93.5 Å². The Morgan fingerprint density at radius 2 is 1.77 bits per heavy atom. The molecular weight excluding hydrogens is 485 g/mol. The molecule has 182 valence electrons. The van der Waals surface area contributed by atoms with Gasteiger partial charge in [0.15, 0.2) is 0 Å². The first kappa shape index (κ1) is 25.3. The van der Waals surface area contributed by atoms with Crippen LogP contribution < -0.4 is 9.64 Å². The minimum Gasteiger partial charge on any atom is -0.491 e. The Hall–Kier alpha value is -2.79. The molecule has 0 aliphatic carbocycles. The average Bonchev–Trinajstić information content (AvgIpc) is 2.88. The van der Waals surface area contributed by atoms with E-state index in [2.05, 4.69) is 15.9 Å². The number of hydrogen-bond donors (Lipinski definition) is 2. The van der Waals surface area contributed by atoms with Crippen LogP contribution in [0.5, 0.6) is 5.75 Å². The maximum Gasteiger partial charge on any atom is 0.121 e. The lowest BCUT2D eigenvalue weighted by atomic mass is 10.00. The molecule has 3 aromatic rings. The van der Waals surface area contributed by atoms with Gasteiger partial charge in [0.25, 0.3) is 0 Å². The number of β-amino-alcohol motifs (C(OH)–C–C–N with tert-alkyl or cyclic N) is 1. The highest BCUT2D eigenvalue weighted by Gasteiger charge is 2.31. The van der Waals surface area contributed by atoms with Gasteiger partial charge >= 0.3 is 0 Å². The zero-order valence-electron chi connectivity index (χ0n) is 19.1. The van der Waals surface area contributed by atoms with Crippen LogP contribution in [0, 0.1) is 11.3 Å². The summed E-state index contributed by atoms with van der Waals surface area (Å²) in [6.45, 7) is 2.78. The standard InChI is InChI=1S/C27H27Cl2N3O3/c28-22-7-5-20(6-8-22)26-17-31(18-27(34)21-3-1-19(16-30)2-4-21)11-12-32(26)25-10-9-23(15-24(25)29)35-14-13-33/h1-10,15,26-27,33-34H,11-14,17-18H2/t26-,27?/m0/s1. The third-order valence-corrected chi connectivity index (χ3v) is 6.72. The van der Waals surface area contributed by atoms with E-state index in [9.17, 15) is 5.11 Å². The Bertz CT molecular complexity index is 1170. The van der Waals surface area contributed by atoms with Crippen molar-refractivity contribution in [2.24, 2.45) is 0 Å². The lowest BCUT2D eigenvalue weighted by Gasteiger charge is -2.44. The number of aliphatic hydroxyl groups is 2. The number of aliphatic hydroxyl groups excluding tert-OH is 2. The van der Waals surface area contributed by atoms with Crippen molar-refractivity contribution in [3.8, 4) is 11.8 Å². The van der Waals surface area contributed by atoms with Gasteiger partial charge in [0.1, 0.15) is 12.4 Å². The van der Waals surface area contributed by atoms with E-state index < -0.39 is 6.10 Å². The second kappa shape index (κ2) is 11.8. The monoisotopic (exact) mass is 511 g/mol. The van der Waals surface area contributed by atoms with Crippen LogP contribution in [0.15, 0.2) is 66.7 Å². The van der Waals surface area contributed by atoms with Gasteiger partial charge in [-0.2, -0.15) is 5.26 Å². The predicted octanol–water partition coefficient (Wildman–Crippen LogP) is 4.83. The van der Waals surface area contributed by atoms with E-state index in [1.165, 1.54) is 0 Å². The molecule has 0 aromatic heterocycles. The second-order valence-corrected chi connectivity index (χ2v) is 9.30. The Labute approximate surface area is 215 Å². The predicted molar refractivity (Wildman–Crippen MR) is 138 cm³/mol. The van der Waals surface area contributed by atoms with Crippen LogP contribution in [0.4, 0.5) is 5.69 Å². The normalized spacial score (nSPS) is 17.1. The van der Waals surface area contributed by atoms with Gasteiger partial charge in [0.2, 0.25) is 0 Å². The summed E-state index contributed by atoms with van der Waals surface area (Å²) >= 11 is 12.8. The van der Waals surface area contributed by atoms with Crippen LogP contribution in [0.2, 0.25) is 10.0 Å². The largest absolute Gasteiger partial charge is 0.491 e. The number of nitrogens with zero attached hydrogens (tertiary/aromatic N) is 3. The molecule has 3 aromatic carbocycles. The molecule has 2 atom stereocenters. The molecule has 1 unspecified atom stereocenters. The summed E-state index contributed by atoms with van der Waals surface area (Å²) < 4.78 is 5.50. The number of benzene rings is 3. The van der Waals surface area contributed by atoms with Crippen molar-refractivity contribution in [2.75, 3.05) is 44.3 Å². The highest BCUT2D eigenvalue weighted by Crippen LogP contribution is 2.37.